The highest BCUT2D eigenvalue weighted by Crippen LogP contribution is 2.18. The molecule has 1 rings (SSSR count). The normalized spacial score (nSPS) is 12.4. The number of amides is 1. The van der Waals surface area contributed by atoms with E-state index in [1.54, 1.807) is 0 Å². The quantitative estimate of drug-likeness (QED) is 0.723. The maximum Gasteiger partial charge on any atom is 0.224 e. The van der Waals surface area contributed by atoms with E-state index in [4.69, 9.17) is 5.73 Å². The lowest BCUT2D eigenvalue weighted by molar-refractivity contribution is -0.116. The van der Waals surface area contributed by atoms with Gasteiger partial charge in [0.15, 0.2) is 0 Å². The van der Waals surface area contributed by atoms with Crippen molar-refractivity contribution in [3.8, 4) is 0 Å². The van der Waals surface area contributed by atoms with Gasteiger partial charge in [-0.05, 0) is 50.6 Å². The Labute approximate surface area is 128 Å². The molecule has 0 heterocycles. The summed E-state index contributed by atoms with van der Waals surface area (Å²) in [5.74, 6) is 0.763. The first-order valence-corrected chi connectivity index (χ1v) is 7.77. The van der Waals surface area contributed by atoms with Crippen molar-refractivity contribution in [2.45, 2.75) is 40.0 Å². The first-order valence-electron chi connectivity index (χ1n) is 7.77. The van der Waals surface area contributed by atoms with Crippen molar-refractivity contribution < 1.29 is 4.79 Å². The Balaban J connectivity index is 2.33. The zero-order valence-electron chi connectivity index (χ0n) is 13.8. The van der Waals surface area contributed by atoms with Crippen LogP contribution in [0.4, 0.5) is 11.4 Å². The lowest BCUT2D eigenvalue weighted by atomic mass is 10.1. The maximum atomic E-state index is 12.0. The van der Waals surface area contributed by atoms with Crippen LogP contribution >= 0.6 is 0 Å². The minimum Gasteiger partial charge on any atom is -0.399 e. The summed E-state index contributed by atoms with van der Waals surface area (Å²) < 4.78 is 0. The summed E-state index contributed by atoms with van der Waals surface area (Å²) in [7, 11) is 2.12. The minimum atomic E-state index is 0.0561. The third-order valence-corrected chi connectivity index (χ3v) is 3.80. The highest BCUT2D eigenvalue weighted by molar-refractivity contribution is 5.91. The van der Waals surface area contributed by atoms with Gasteiger partial charge in [0.1, 0.15) is 0 Å². The predicted octanol–water partition coefficient (Wildman–Crippen LogP) is 3.27. The Kier molecular flexibility index (Phi) is 7.23. The predicted molar refractivity (Wildman–Crippen MR) is 90.4 cm³/mol. The molecular weight excluding hydrogens is 262 g/mol. The van der Waals surface area contributed by atoms with Gasteiger partial charge in [-0.3, -0.25) is 4.79 Å². The molecule has 0 bridgehead atoms. The van der Waals surface area contributed by atoms with E-state index in [1.165, 1.54) is 6.42 Å². The lowest BCUT2D eigenvalue weighted by Gasteiger charge is -2.20. The van der Waals surface area contributed by atoms with Gasteiger partial charge in [-0.25, -0.2) is 0 Å². The number of anilines is 2. The highest BCUT2D eigenvalue weighted by atomic mass is 16.1. The van der Waals surface area contributed by atoms with E-state index in [-0.39, 0.29) is 5.91 Å². The molecule has 1 atom stereocenters. The molecule has 21 heavy (non-hydrogen) atoms. The number of carbonyl (C=O) groups is 1. The summed E-state index contributed by atoms with van der Waals surface area (Å²) in [6, 6.07) is 5.57. The number of nitrogens with two attached hydrogens (primary N) is 1. The number of hydrogen-bond donors (Lipinski definition) is 2. The van der Waals surface area contributed by atoms with E-state index >= 15 is 0 Å². The number of rotatable bonds is 8. The molecule has 118 valence electrons. The van der Waals surface area contributed by atoms with E-state index in [9.17, 15) is 4.79 Å². The van der Waals surface area contributed by atoms with Gasteiger partial charge in [-0.15, -0.1) is 0 Å². The van der Waals surface area contributed by atoms with Crippen LogP contribution in [0.25, 0.3) is 0 Å². The summed E-state index contributed by atoms with van der Waals surface area (Å²) in [6.45, 7) is 8.47. The zero-order chi connectivity index (χ0) is 15.8. The topological polar surface area (TPSA) is 58.4 Å². The second-order valence-corrected chi connectivity index (χ2v) is 6.00. The molecule has 0 aliphatic carbocycles. The minimum absolute atomic E-state index is 0.0561. The highest BCUT2D eigenvalue weighted by Gasteiger charge is 2.08. The lowest BCUT2D eigenvalue weighted by Crippen LogP contribution is -2.26. The summed E-state index contributed by atoms with van der Waals surface area (Å²) in [5, 5.41) is 2.94. The van der Waals surface area contributed by atoms with Gasteiger partial charge in [-0.2, -0.15) is 0 Å². The van der Waals surface area contributed by atoms with Crippen LogP contribution in [0.2, 0.25) is 0 Å². The number of nitrogens with zero attached hydrogens (tertiary/aromatic N) is 1. The van der Waals surface area contributed by atoms with Gasteiger partial charge >= 0.3 is 0 Å². The largest absolute Gasteiger partial charge is 0.399 e. The molecule has 1 unspecified atom stereocenters. The maximum absolute atomic E-state index is 12.0. The van der Waals surface area contributed by atoms with Crippen LogP contribution in [0.1, 0.15) is 38.7 Å². The fourth-order valence-electron chi connectivity index (χ4n) is 2.25. The van der Waals surface area contributed by atoms with Crippen LogP contribution in [0.3, 0.4) is 0 Å². The smallest absolute Gasteiger partial charge is 0.224 e. The first-order chi connectivity index (χ1) is 9.92. The third kappa shape index (κ3) is 6.63. The Morgan fingerprint density at radius 2 is 2.14 bits per heavy atom. The van der Waals surface area contributed by atoms with Gasteiger partial charge in [0.25, 0.3) is 0 Å². The number of aryl methyl sites for hydroxylation is 1. The molecule has 0 saturated heterocycles. The van der Waals surface area contributed by atoms with E-state index in [1.807, 2.05) is 25.1 Å². The first kappa shape index (κ1) is 17.5. The third-order valence-electron chi connectivity index (χ3n) is 3.80. The molecule has 0 aromatic heterocycles. The molecule has 0 spiro atoms. The molecule has 0 aliphatic heterocycles. The van der Waals surface area contributed by atoms with Crippen molar-refractivity contribution >= 4 is 17.3 Å². The van der Waals surface area contributed by atoms with Crippen LogP contribution in [-0.2, 0) is 4.79 Å². The standard InChI is InChI=1S/C17H29N3O/c1-5-13(2)12-20(4)10-6-7-17(21)19-16-11-15(18)9-8-14(16)3/h8-9,11,13H,5-7,10,12,18H2,1-4H3,(H,19,21). The van der Waals surface area contributed by atoms with Crippen LogP contribution in [0.15, 0.2) is 18.2 Å². The van der Waals surface area contributed by atoms with Crippen molar-refractivity contribution in [1.82, 2.24) is 4.90 Å². The molecule has 4 heteroatoms. The number of hydrogen-bond acceptors (Lipinski definition) is 3. The van der Waals surface area contributed by atoms with E-state index in [0.717, 1.165) is 30.8 Å². The number of nitrogens with one attached hydrogen (secondary N) is 1. The van der Waals surface area contributed by atoms with Crippen molar-refractivity contribution in [3.05, 3.63) is 23.8 Å². The van der Waals surface area contributed by atoms with Crippen LogP contribution in [-0.4, -0.2) is 30.9 Å². The molecule has 0 radical (unpaired) electrons. The summed E-state index contributed by atoms with van der Waals surface area (Å²) in [4.78, 5) is 14.3. The molecule has 4 nitrogen and oxygen atoms in total. The molecule has 3 N–H and O–H groups in total. The van der Waals surface area contributed by atoms with E-state index in [2.05, 4.69) is 31.1 Å². The Bertz CT molecular complexity index is 459. The fourth-order valence-corrected chi connectivity index (χ4v) is 2.25. The van der Waals surface area contributed by atoms with Gasteiger partial charge in [0.05, 0.1) is 0 Å². The van der Waals surface area contributed by atoms with Crippen LogP contribution in [0.5, 0.6) is 0 Å². The average molecular weight is 291 g/mol. The van der Waals surface area contributed by atoms with Gasteiger partial charge in [-0.1, -0.05) is 26.3 Å². The number of benzene rings is 1. The van der Waals surface area contributed by atoms with Crippen molar-refractivity contribution in [2.24, 2.45) is 5.92 Å². The molecule has 1 aromatic carbocycles. The number of nitrogen functional groups attached to an aromatic ring is 1. The Morgan fingerprint density at radius 3 is 2.81 bits per heavy atom. The fraction of sp³-hybridized carbons (Fsp3) is 0.588. The average Bonchev–Trinajstić information content (AvgIpc) is 2.42. The Hall–Kier alpha value is -1.55. The van der Waals surface area contributed by atoms with Crippen molar-refractivity contribution in [2.75, 3.05) is 31.2 Å². The van der Waals surface area contributed by atoms with Gasteiger partial charge in [0, 0.05) is 24.3 Å². The van der Waals surface area contributed by atoms with Crippen LogP contribution in [0, 0.1) is 12.8 Å². The van der Waals surface area contributed by atoms with Crippen molar-refractivity contribution in [1.29, 1.82) is 0 Å². The summed E-state index contributed by atoms with van der Waals surface area (Å²) in [5.41, 5.74) is 8.26. The van der Waals surface area contributed by atoms with Gasteiger partial charge in [0.2, 0.25) is 5.91 Å². The molecule has 1 aromatic rings. The SMILES string of the molecule is CCC(C)CN(C)CCCC(=O)Nc1cc(N)ccc1C. The van der Waals surface area contributed by atoms with Crippen LogP contribution < -0.4 is 11.1 Å². The van der Waals surface area contributed by atoms with E-state index < -0.39 is 0 Å². The van der Waals surface area contributed by atoms with Crippen molar-refractivity contribution in [3.63, 3.8) is 0 Å². The Morgan fingerprint density at radius 1 is 1.43 bits per heavy atom. The van der Waals surface area contributed by atoms with E-state index in [0.29, 0.717) is 18.0 Å². The summed E-state index contributed by atoms with van der Waals surface area (Å²) in [6.07, 6.45) is 2.61. The second kappa shape index (κ2) is 8.67. The number of carbonyl (C=O) groups excluding carboxylic acids is 1. The monoisotopic (exact) mass is 291 g/mol. The summed E-state index contributed by atoms with van der Waals surface area (Å²) >= 11 is 0. The second-order valence-electron chi connectivity index (χ2n) is 6.00. The molecule has 0 fully saturated rings. The van der Waals surface area contributed by atoms with Gasteiger partial charge < -0.3 is 16.0 Å². The zero-order valence-corrected chi connectivity index (χ0v) is 13.8. The molecular formula is C17H29N3O. The molecule has 0 aliphatic rings. The molecule has 1 amide bonds. The molecule has 0 saturated carbocycles.